The molecule has 0 aromatic heterocycles. The van der Waals surface area contributed by atoms with E-state index in [9.17, 15) is 18.5 Å². The smallest absolute Gasteiger partial charge is 0.293 e. The highest BCUT2D eigenvalue weighted by Gasteiger charge is 2.27. The van der Waals surface area contributed by atoms with Gasteiger partial charge in [-0.1, -0.05) is 24.3 Å². The Morgan fingerprint density at radius 2 is 1.81 bits per heavy atom. The van der Waals surface area contributed by atoms with Gasteiger partial charge in [0.05, 0.1) is 4.92 Å². The van der Waals surface area contributed by atoms with Gasteiger partial charge in [0.1, 0.15) is 10.6 Å². The Morgan fingerprint density at radius 3 is 2.42 bits per heavy atom. The number of nitrogens with zero attached hydrogens (tertiary/aromatic N) is 3. The van der Waals surface area contributed by atoms with Crippen molar-refractivity contribution in [1.29, 1.82) is 0 Å². The van der Waals surface area contributed by atoms with E-state index < -0.39 is 14.9 Å². The molecular weight excluding hydrogens is 438 g/mol. The molecule has 9 nitrogen and oxygen atoms in total. The lowest BCUT2D eigenvalue weighted by Gasteiger charge is -2.35. The van der Waals surface area contributed by atoms with Gasteiger partial charge >= 0.3 is 0 Å². The molecule has 1 saturated heterocycles. The molecule has 0 unspecified atom stereocenters. The fraction of sp³-hybridized carbons (Fsp3) is 0.400. The van der Waals surface area contributed by atoms with Gasteiger partial charge in [-0.15, -0.1) is 11.8 Å². The summed E-state index contributed by atoms with van der Waals surface area (Å²) >= 11 is 1.61. The molecule has 0 aliphatic carbocycles. The third kappa shape index (κ3) is 6.65. The van der Waals surface area contributed by atoms with Crippen LogP contribution >= 0.6 is 11.8 Å². The lowest BCUT2D eigenvalue weighted by atomic mass is 10.2. The number of benzene rings is 2. The Morgan fingerprint density at radius 1 is 1.13 bits per heavy atom. The summed E-state index contributed by atoms with van der Waals surface area (Å²) in [4.78, 5) is 16.3. The van der Waals surface area contributed by atoms with Crippen molar-refractivity contribution >= 4 is 33.2 Å². The lowest BCUT2D eigenvalue weighted by Crippen LogP contribution is -2.48. The zero-order chi connectivity index (χ0) is 22.4. The molecule has 0 saturated carbocycles. The molecule has 1 aliphatic rings. The van der Waals surface area contributed by atoms with E-state index >= 15 is 0 Å². The lowest BCUT2D eigenvalue weighted by molar-refractivity contribution is -0.384. The molecule has 0 bridgehead atoms. The monoisotopic (exact) mass is 465 g/mol. The first-order valence-corrected chi connectivity index (χ1v) is 12.4. The van der Waals surface area contributed by atoms with Crippen LogP contribution in [0.5, 0.6) is 0 Å². The number of thioether (sulfide) groups is 1. The third-order valence-corrected chi connectivity index (χ3v) is 7.25. The highest BCUT2D eigenvalue weighted by Crippen LogP contribution is 2.32. The Hall–Kier alpha value is -2.18. The summed E-state index contributed by atoms with van der Waals surface area (Å²) in [5.74, 6) is 0.604. The van der Waals surface area contributed by atoms with Gasteiger partial charge in [0.15, 0.2) is 0 Å². The first-order valence-electron chi connectivity index (χ1n) is 9.89. The van der Waals surface area contributed by atoms with Crippen LogP contribution in [0.1, 0.15) is 0 Å². The number of nitro groups is 1. The molecule has 3 rings (SSSR count). The van der Waals surface area contributed by atoms with E-state index in [0.717, 1.165) is 31.1 Å². The van der Waals surface area contributed by atoms with Gasteiger partial charge in [0.2, 0.25) is 10.0 Å². The molecule has 11 heteroatoms. The van der Waals surface area contributed by atoms with E-state index in [-0.39, 0.29) is 22.3 Å². The summed E-state index contributed by atoms with van der Waals surface area (Å²) in [6.07, 6.45) is 0. The minimum atomic E-state index is -4.14. The molecule has 1 atom stereocenters. The summed E-state index contributed by atoms with van der Waals surface area (Å²) in [6, 6.07) is 13.5. The molecule has 0 spiro atoms. The van der Waals surface area contributed by atoms with E-state index in [1.165, 1.54) is 18.2 Å². The average Bonchev–Trinajstić information content (AvgIpc) is 2.73. The SMILES string of the molecule is CN1CCN(C[C@H](CSc2ccccc2)Nc2c([N+](=O)[O-])cccc2S(N)(=O)=O)CC1. The number of anilines is 1. The molecular formula is C20H27N5O4S2. The number of rotatable bonds is 9. The molecule has 1 aliphatic heterocycles. The van der Waals surface area contributed by atoms with Gasteiger partial charge in [-0.2, -0.15) is 0 Å². The van der Waals surface area contributed by atoms with Crippen molar-refractivity contribution in [3.63, 3.8) is 0 Å². The second kappa shape index (κ2) is 10.4. The number of hydrogen-bond acceptors (Lipinski definition) is 8. The topological polar surface area (TPSA) is 122 Å². The number of nitrogens with two attached hydrogens (primary N) is 1. The van der Waals surface area contributed by atoms with Crippen LogP contribution in [0.3, 0.4) is 0 Å². The molecule has 1 heterocycles. The normalized spacial score (nSPS) is 16.7. The number of para-hydroxylation sites is 1. The minimum Gasteiger partial charge on any atom is -0.374 e. The van der Waals surface area contributed by atoms with E-state index in [1.807, 2.05) is 30.3 Å². The Labute approximate surface area is 186 Å². The van der Waals surface area contributed by atoms with Crippen LogP contribution in [0.4, 0.5) is 11.4 Å². The van der Waals surface area contributed by atoms with E-state index in [2.05, 4.69) is 22.2 Å². The largest absolute Gasteiger partial charge is 0.374 e. The molecule has 1 fully saturated rings. The Balaban J connectivity index is 1.87. The van der Waals surface area contributed by atoms with Crippen LogP contribution in [0.15, 0.2) is 58.3 Å². The van der Waals surface area contributed by atoms with Gasteiger partial charge in [-0.05, 0) is 25.2 Å². The predicted octanol–water partition coefficient (Wildman–Crippen LogP) is 2.06. The van der Waals surface area contributed by atoms with Crippen LogP contribution in [0.25, 0.3) is 0 Å². The maximum Gasteiger partial charge on any atom is 0.293 e. The minimum absolute atomic E-state index is 0.0530. The molecule has 2 aromatic carbocycles. The first kappa shape index (κ1) is 23.5. The average molecular weight is 466 g/mol. The number of hydrogen-bond donors (Lipinski definition) is 2. The highest BCUT2D eigenvalue weighted by molar-refractivity contribution is 7.99. The zero-order valence-corrected chi connectivity index (χ0v) is 18.9. The van der Waals surface area contributed by atoms with Crippen LogP contribution in [0, 0.1) is 10.1 Å². The summed E-state index contributed by atoms with van der Waals surface area (Å²) in [5, 5.41) is 20.1. The van der Waals surface area contributed by atoms with Crippen LogP contribution in [-0.4, -0.2) is 74.7 Å². The van der Waals surface area contributed by atoms with Crippen LogP contribution in [-0.2, 0) is 10.0 Å². The summed E-state index contributed by atoms with van der Waals surface area (Å²) in [5.41, 5.74) is -0.359. The molecule has 0 radical (unpaired) electrons. The molecule has 2 aromatic rings. The second-order valence-corrected chi connectivity index (χ2v) is 10.1. The number of likely N-dealkylation sites (N-methyl/N-ethyl adjacent to an activating group) is 1. The van der Waals surface area contributed by atoms with Gasteiger partial charge in [0, 0.05) is 55.5 Å². The molecule has 3 N–H and O–H groups in total. The Kier molecular flexibility index (Phi) is 7.89. The highest BCUT2D eigenvalue weighted by atomic mass is 32.2. The van der Waals surface area contributed by atoms with Crippen molar-refractivity contribution in [3.05, 3.63) is 58.6 Å². The number of nitrogens with one attached hydrogen (secondary N) is 1. The van der Waals surface area contributed by atoms with Crippen molar-refractivity contribution in [2.45, 2.75) is 15.8 Å². The first-order chi connectivity index (χ1) is 14.7. The summed E-state index contributed by atoms with van der Waals surface area (Å²) in [6.45, 7) is 4.26. The number of sulfonamides is 1. The number of nitro benzene ring substituents is 1. The van der Waals surface area contributed by atoms with Gasteiger partial charge in [-0.3, -0.25) is 15.0 Å². The zero-order valence-electron chi connectivity index (χ0n) is 17.3. The number of primary sulfonamides is 1. The van der Waals surface area contributed by atoms with Crippen molar-refractivity contribution < 1.29 is 13.3 Å². The quantitative estimate of drug-likeness (QED) is 0.328. The van der Waals surface area contributed by atoms with E-state index in [4.69, 9.17) is 5.14 Å². The van der Waals surface area contributed by atoms with Crippen LogP contribution < -0.4 is 10.5 Å². The fourth-order valence-corrected chi connectivity index (χ4v) is 5.10. The van der Waals surface area contributed by atoms with E-state index in [1.54, 1.807) is 11.8 Å². The van der Waals surface area contributed by atoms with Gasteiger partial charge < -0.3 is 10.2 Å². The standard InChI is InChI=1S/C20H27N5O4S2/c1-23-10-12-24(13-11-23)14-16(15-30-17-6-3-2-4-7-17)22-20-18(25(26)27)8-5-9-19(20)31(21,28)29/h2-9,16,22H,10-15H2,1H3,(H2,21,28,29)/t16-/m1/s1. The fourth-order valence-electron chi connectivity index (χ4n) is 3.45. The molecule has 168 valence electrons. The summed E-state index contributed by atoms with van der Waals surface area (Å²) < 4.78 is 24.2. The maximum absolute atomic E-state index is 12.1. The molecule has 0 amide bonds. The van der Waals surface area contributed by atoms with Gasteiger partial charge in [0.25, 0.3) is 5.69 Å². The van der Waals surface area contributed by atoms with Crippen LogP contribution in [0.2, 0.25) is 0 Å². The Bertz CT molecular complexity index is 996. The predicted molar refractivity (Wildman–Crippen MR) is 123 cm³/mol. The van der Waals surface area contributed by atoms with Crippen molar-refractivity contribution in [3.8, 4) is 0 Å². The summed E-state index contributed by atoms with van der Waals surface area (Å²) in [7, 11) is -2.06. The third-order valence-electron chi connectivity index (χ3n) is 5.12. The number of piperazine rings is 1. The second-order valence-electron chi connectivity index (χ2n) is 7.52. The van der Waals surface area contributed by atoms with Crippen molar-refractivity contribution in [2.24, 2.45) is 5.14 Å². The molecule has 31 heavy (non-hydrogen) atoms. The van der Waals surface area contributed by atoms with E-state index in [0.29, 0.717) is 12.3 Å². The maximum atomic E-state index is 12.1. The van der Waals surface area contributed by atoms with Crippen molar-refractivity contribution in [1.82, 2.24) is 9.80 Å². The van der Waals surface area contributed by atoms with Gasteiger partial charge in [-0.25, -0.2) is 13.6 Å². The van der Waals surface area contributed by atoms with Crippen molar-refractivity contribution in [2.75, 3.05) is 50.8 Å².